The van der Waals surface area contributed by atoms with Gasteiger partial charge in [0.15, 0.2) is 0 Å². The Balaban J connectivity index is 1.99. The third kappa shape index (κ3) is 6.15. The zero-order chi connectivity index (χ0) is 18.6. The second-order valence-corrected chi connectivity index (χ2v) is 7.94. The Morgan fingerprint density at radius 3 is 2.72 bits per heavy atom. The minimum Gasteiger partial charge on any atom is -0.444 e. The van der Waals surface area contributed by atoms with Crippen molar-refractivity contribution >= 4 is 33.4 Å². The van der Waals surface area contributed by atoms with Gasteiger partial charge >= 0.3 is 11.8 Å². The summed E-state index contributed by atoms with van der Waals surface area (Å²) in [6.07, 6.45) is 4.12. The molecule has 0 bridgehead atoms. The molecule has 1 aromatic rings. The van der Waals surface area contributed by atoms with Crippen LogP contribution in [-0.4, -0.2) is 33.7 Å². The van der Waals surface area contributed by atoms with Gasteiger partial charge in [0.05, 0.1) is 4.92 Å². The van der Waals surface area contributed by atoms with E-state index in [2.05, 4.69) is 31.5 Å². The molecule has 9 heteroatoms. The molecule has 0 radical (unpaired) electrons. The van der Waals surface area contributed by atoms with E-state index in [1.165, 1.54) is 6.20 Å². The number of carbonyl (C=O) groups is 1. The molecule has 0 unspecified atom stereocenters. The van der Waals surface area contributed by atoms with Gasteiger partial charge in [-0.15, -0.1) is 0 Å². The lowest BCUT2D eigenvalue weighted by Crippen LogP contribution is -2.43. The van der Waals surface area contributed by atoms with Crippen LogP contribution < -0.4 is 10.6 Å². The smallest absolute Gasteiger partial charge is 0.407 e. The first-order valence-electron chi connectivity index (χ1n) is 8.20. The third-order valence-electron chi connectivity index (χ3n) is 3.80. The van der Waals surface area contributed by atoms with Crippen LogP contribution in [0, 0.1) is 10.1 Å². The molecular weight excluding hydrogens is 392 g/mol. The number of hydrogen-bond donors (Lipinski definition) is 2. The standard InChI is InChI=1S/C16H23BrN4O4/c1-16(2,3)25-15(22)20-11-6-4-5-10(7-11)19-12-8-14(17)18-9-13(12)21(23)24/h8-11H,4-7H2,1-3H3,(H,18,19)(H,20,22)/t10-,11+/m1/s1. The Labute approximate surface area is 155 Å². The van der Waals surface area contributed by atoms with E-state index in [-0.39, 0.29) is 17.8 Å². The first-order chi connectivity index (χ1) is 11.6. The fourth-order valence-electron chi connectivity index (χ4n) is 2.83. The van der Waals surface area contributed by atoms with Crippen LogP contribution in [0.4, 0.5) is 16.2 Å². The van der Waals surface area contributed by atoms with Gasteiger partial charge in [0.1, 0.15) is 22.1 Å². The van der Waals surface area contributed by atoms with E-state index in [4.69, 9.17) is 4.74 Å². The van der Waals surface area contributed by atoms with Crippen molar-refractivity contribution in [2.24, 2.45) is 0 Å². The predicted octanol–water partition coefficient (Wildman–Crippen LogP) is 4.00. The number of ether oxygens (including phenoxy) is 1. The van der Waals surface area contributed by atoms with Crippen LogP contribution >= 0.6 is 15.9 Å². The van der Waals surface area contributed by atoms with Gasteiger partial charge in [-0.05, 0) is 62.4 Å². The van der Waals surface area contributed by atoms with E-state index in [1.807, 2.05) is 20.8 Å². The number of alkyl carbamates (subject to hydrolysis) is 1. The molecule has 0 saturated heterocycles. The summed E-state index contributed by atoms with van der Waals surface area (Å²) in [5, 5.41) is 17.3. The summed E-state index contributed by atoms with van der Waals surface area (Å²) in [7, 11) is 0. The minimum absolute atomic E-state index is 0.0227. The fraction of sp³-hybridized carbons (Fsp3) is 0.625. The second kappa shape index (κ2) is 7.99. The molecule has 2 atom stereocenters. The number of amides is 1. The molecule has 0 aliphatic heterocycles. The zero-order valence-electron chi connectivity index (χ0n) is 14.5. The van der Waals surface area contributed by atoms with E-state index >= 15 is 0 Å². The van der Waals surface area contributed by atoms with Crippen LogP contribution in [0.1, 0.15) is 46.5 Å². The first kappa shape index (κ1) is 19.4. The lowest BCUT2D eigenvalue weighted by molar-refractivity contribution is -0.384. The highest BCUT2D eigenvalue weighted by molar-refractivity contribution is 9.10. The molecule has 0 aromatic carbocycles. The van der Waals surface area contributed by atoms with E-state index in [0.29, 0.717) is 16.7 Å². The molecule has 1 saturated carbocycles. The summed E-state index contributed by atoms with van der Waals surface area (Å²) in [6.45, 7) is 5.45. The summed E-state index contributed by atoms with van der Waals surface area (Å²) in [5.74, 6) is 0. The maximum absolute atomic E-state index is 11.9. The van der Waals surface area contributed by atoms with Gasteiger partial charge in [-0.1, -0.05) is 0 Å². The lowest BCUT2D eigenvalue weighted by Gasteiger charge is -2.31. The number of hydrogen-bond acceptors (Lipinski definition) is 6. The highest BCUT2D eigenvalue weighted by Gasteiger charge is 2.27. The number of nitro groups is 1. The topological polar surface area (TPSA) is 106 Å². The fourth-order valence-corrected chi connectivity index (χ4v) is 3.16. The van der Waals surface area contributed by atoms with Crippen molar-refractivity contribution < 1.29 is 14.5 Å². The SMILES string of the molecule is CC(C)(C)OC(=O)N[C@H]1CCC[C@@H](Nc2cc(Br)ncc2[N+](=O)[O-])C1. The number of halogens is 1. The number of nitrogens with one attached hydrogen (secondary N) is 2. The van der Waals surface area contributed by atoms with Crippen molar-refractivity contribution in [3.63, 3.8) is 0 Å². The van der Waals surface area contributed by atoms with E-state index in [9.17, 15) is 14.9 Å². The maximum atomic E-state index is 11.9. The third-order valence-corrected chi connectivity index (χ3v) is 4.23. The Kier molecular flexibility index (Phi) is 6.21. The number of rotatable bonds is 4. The Hall–Kier alpha value is -1.90. The second-order valence-electron chi connectivity index (χ2n) is 7.13. The Bertz CT molecular complexity index is 648. The highest BCUT2D eigenvalue weighted by Crippen LogP contribution is 2.29. The summed E-state index contributed by atoms with van der Waals surface area (Å²) >= 11 is 3.24. The quantitative estimate of drug-likeness (QED) is 0.437. The van der Waals surface area contributed by atoms with Crippen molar-refractivity contribution in [2.45, 2.75) is 64.1 Å². The average Bonchev–Trinajstić information content (AvgIpc) is 2.45. The normalized spacial score (nSPS) is 20.6. The average molecular weight is 415 g/mol. The number of carbonyl (C=O) groups excluding carboxylic acids is 1. The van der Waals surface area contributed by atoms with E-state index < -0.39 is 16.6 Å². The van der Waals surface area contributed by atoms with Gasteiger partial charge < -0.3 is 15.4 Å². The lowest BCUT2D eigenvalue weighted by atomic mass is 9.91. The summed E-state index contributed by atoms with van der Waals surface area (Å²) in [5.41, 5.74) is -0.180. The number of nitrogens with zero attached hydrogens (tertiary/aromatic N) is 2. The van der Waals surface area contributed by atoms with Crippen molar-refractivity contribution in [3.8, 4) is 0 Å². The molecule has 2 N–H and O–H groups in total. The molecule has 8 nitrogen and oxygen atoms in total. The van der Waals surface area contributed by atoms with Gasteiger partial charge in [-0.3, -0.25) is 10.1 Å². The number of aromatic nitrogens is 1. The van der Waals surface area contributed by atoms with Crippen LogP contribution in [0.25, 0.3) is 0 Å². The molecular formula is C16H23BrN4O4. The predicted molar refractivity (Wildman–Crippen MR) is 97.6 cm³/mol. The molecule has 2 rings (SSSR count). The van der Waals surface area contributed by atoms with Gasteiger partial charge in [0.25, 0.3) is 0 Å². The minimum atomic E-state index is -0.541. The molecule has 1 aliphatic carbocycles. The van der Waals surface area contributed by atoms with E-state index in [0.717, 1.165) is 19.3 Å². The molecule has 1 heterocycles. The molecule has 1 fully saturated rings. The van der Waals surface area contributed by atoms with Crippen LogP contribution in [-0.2, 0) is 4.74 Å². The summed E-state index contributed by atoms with van der Waals surface area (Å²) < 4.78 is 5.81. The van der Waals surface area contributed by atoms with Gasteiger partial charge in [0.2, 0.25) is 0 Å². The summed E-state index contributed by atoms with van der Waals surface area (Å²) in [4.78, 5) is 26.5. The van der Waals surface area contributed by atoms with Crippen LogP contribution in [0.3, 0.4) is 0 Å². The summed E-state index contributed by atoms with van der Waals surface area (Å²) in [6, 6.07) is 1.61. The number of anilines is 1. The van der Waals surface area contributed by atoms with Crippen molar-refractivity contribution in [1.29, 1.82) is 0 Å². The highest BCUT2D eigenvalue weighted by atomic mass is 79.9. The molecule has 25 heavy (non-hydrogen) atoms. The maximum Gasteiger partial charge on any atom is 0.407 e. The number of pyridine rings is 1. The van der Waals surface area contributed by atoms with Crippen molar-refractivity contribution in [3.05, 3.63) is 27.0 Å². The van der Waals surface area contributed by atoms with Crippen LogP contribution in [0.2, 0.25) is 0 Å². The molecule has 138 valence electrons. The van der Waals surface area contributed by atoms with Gasteiger partial charge in [-0.25, -0.2) is 9.78 Å². The van der Waals surface area contributed by atoms with Crippen molar-refractivity contribution in [2.75, 3.05) is 5.32 Å². The van der Waals surface area contributed by atoms with Gasteiger partial charge in [0, 0.05) is 18.2 Å². The van der Waals surface area contributed by atoms with Crippen LogP contribution in [0.5, 0.6) is 0 Å². The largest absolute Gasteiger partial charge is 0.444 e. The van der Waals surface area contributed by atoms with Crippen molar-refractivity contribution in [1.82, 2.24) is 10.3 Å². The molecule has 1 aromatic heterocycles. The first-order valence-corrected chi connectivity index (χ1v) is 8.99. The monoisotopic (exact) mass is 414 g/mol. The molecule has 1 aliphatic rings. The molecule has 0 spiro atoms. The van der Waals surface area contributed by atoms with Gasteiger partial charge in [-0.2, -0.15) is 0 Å². The molecule has 1 amide bonds. The Morgan fingerprint density at radius 1 is 1.40 bits per heavy atom. The van der Waals surface area contributed by atoms with E-state index in [1.54, 1.807) is 6.07 Å². The zero-order valence-corrected chi connectivity index (χ0v) is 16.1. The Morgan fingerprint density at radius 2 is 2.08 bits per heavy atom. The van der Waals surface area contributed by atoms with Crippen LogP contribution in [0.15, 0.2) is 16.9 Å².